The Labute approximate surface area is 95.0 Å². The van der Waals surface area contributed by atoms with Gasteiger partial charge in [0, 0.05) is 12.2 Å². The molecule has 16 heavy (non-hydrogen) atoms. The van der Waals surface area contributed by atoms with E-state index >= 15 is 0 Å². The van der Waals surface area contributed by atoms with Crippen LogP contribution in [0.3, 0.4) is 0 Å². The van der Waals surface area contributed by atoms with Gasteiger partial charge in [0.1, 0.15) is 0 Å². The van der Waals surface area contributed by atoms with Crippen molar-refractivity contribution in [3.63, 3.8) is 0 Å². The molecule has 0 aliphatic heterocycles. The summed E-state index contributed by atoms with van der Waals surface area (Å²) in [6, 6.07) is 4.67. The number of rotatable bonds is 5. The van der Waals surface area contributed by atoms with Crippen molar-refractivity contribution < 1.29 is 12.6 Å². The molecule has 0 saturated heterocycles. The summed E-state index contributed by atoms with van der Waals surface area (Å²) >= 11 is 0. The predicted molar refractivity (Wildman–Crippen MR) is 65.0 cm³/mol. The fraction of sp³-hybridized carbons (Fsp3) is 0.200. The molecular weight excluding hydrogens is 228 g/mol. The van der Waals surface area contributed by atoms with Gasteiger partial charge in [-0.15, -0.1) is 6.58 Å². The van der Waals surface area contributed by atoms with E-state index < -0.39 is 10.1 Å². The maximum atomic E-state index is 11.0. The van der Waals surface area contributed by atoms with E-state index in [9.17, 15) is 8.42 Å². The van der Waals surface area contributed by atoms with Crippen LogP contribution in [-0.4, -0.2) is 21.2 Å². The third-order valence-electron chi connectivity index (χ3n) is 1.68. The van der Waals surface area contributed by atoms with Crippen molar-refractivity contribution >= 4 is 21.5 Å². The maximum Gasteiger partial charge on any atom is 0.306 e. The summed E-state index contributed by atoms with van der Waals surface area (Å²) in [5.41, 5.74) is 6.63. The molecule has 0 heterocycles. The Hall–Kier alpha value is -1.69. The summed E-state index contributed by atoms with van der Waals surface area (Å²) in [4.78, 5) is 0. The van der Waals surface area contributed by atoms with Gasteiger partial charge in [0.25, 0.3) is 0 Å². The molecule has 1 aromatic carbocycles. The van der Waals surface area contributed by atoms with Crippen LogP contribution in [0.2, 0.25) is 0 Å². The fourth-order valence-electron chi connectivity index (χ4n) is 1.10. The molecule has 3 N–H and O–H groups in total. The molecule has 1 aromatic rings. The number of nitrogens with one attached hydrogen (secondary N) is 1. The normalized spacial score (nSPS) is 10.8. The minimum absolute atomic E-state index is 0.221. The number of hydrogen-bond donors (Lipinski definition) is 2. The van der Waals surface area contributed by atoms with Crippen molar-refractivity contribution in [2.24, 2.45) is 0 Å². The van der Waals surface area contributed by atoms with Crippen LogP contribution >= 0.6 is 0 Å². The largest absolute Gasteiger partial charge is 0.399 e. The van der Waals surface area contributed by atoms with Gasteiger partial charge < -0.3 is 15.2 Å². The molecule has 0 fully saturated rings. The van der Waals surface area contributed by atoms with E-state index in [1.807, 2.05) is 0 Å². The first-order valence-electron chi connectivity index (χ1n) is 4.56. The van der Waals surface area contributed by atoms with Crippen molar-refractivity contribution in [3.8, 4) is 5.75 Å². The summed E-state index contributed by atoms with van der Waals surface area (Å²) in [7, 11) is -3.54. The van der Waals surface area contributed by atoms with Crippen LogP contribution < -0.4 is 15.2 Å². The number of nitrogen functional groups attached to an aromatic ring is 1. The molecule has 0 atom stereocenters. The van der Waals surface area contributed by atoms with E-state index in [2.05, 4.69) is 11.9 Å². The molecule has 0 aliphatic rings. The quantitative estimate of drug-likeness (QED) is 0.460. The molecule has 1 rings (SSSR count). The minimum Gasteiger partial charge on any atom is -0.399 e. The van der Waals surface area contributed by atoms with Gasteiger partial charge in [-0.2, -0.15) is 8.42 Å². The van der Waals surface area contributed by atoms with Crippen LogP contribution in [0.15, 0.2) is 30.9 Å². The summed E-state index contributed by atoms with van der Waals surface area (Å²) in [6.45, 7) is 4.04. The third-order valence-corrected chi connectivity index (χ3v) is 2.16. The number of hydrogen-bond acceptors (Lipinski definition) is 5. The zero-order valence-corrected chi connectivity index (χ0v) is 9.75. The topological polar surface area (TPSA) is 81.4 Å². The first-order chi connectivity index (χ1) is 7.42. The van der Waals surface area contributed by atoms with Crippen molar-refractivity contribution in [3.05, 3.63) is 30.9 Å². The molecule has 0 radical (unpaired) electrons. The van der Waals surface area contributed by atoms with Gasteiger partial charge in [0.05, 0.1) is 11.9 Å². The first kappa shape index (κ1) is 12.4. The standard InChI is InChI=1S/C10H14N2O3S/c1-3-6-12-9-7-8(11)4-5-10(9)15-16(2,13)14/h3-5,7,12H,1,6,11H2,2H3. The Kier molecular flexibility index (Phi) is 3.78. The van der Waals surface area contributed by atoms with Gasteiger partial charge in [-0.3, -0.25) is 0 Å². The Balaban J connectivity index is 3.02. The van der Waals surface area contributed by atoms with Crippen molar-refractivity contribution in [2.45, 2.75) is 0 Å². The molecule has 5 nitrogen and oxygen atoms in total. The average Bonchev–Trinajstić information content (AvgIpc) is 2.16. The maximum absolute atomic E-state index is 11.0. The van der Waals surface area contributed by atoms with Crippen LogP contribution in [0.1, 0.15) is 0 Å². The second kappa shape index (κ2) is 4.89. The number of benzene rings is 1. The molecular formula is C10H14N2O3S. The zero-order valence-electron chi connectivity index (χ0n) is 8.93. The SMILES string of the molecule is C=CCNc1cc(N)ccc1OS(C)(=O)=O. The van der Waals surface area contributed by atoms with E-state index in [4.69, 9.17) is 9.92 Å². The highest BCUT2D eigenvalue weighted by Crippen LogP contribution is 2.27. The Morgan fingerprint density at radius 2 is 2.25 bits per heavy atom. The fourth-order valence-corrected chi connectivity index (χ4v) is 1.58. The number of nitrogens with two attached hydrogens (primary N) is 1. The van der Waals surface area contributed by atoms with E-state index in [-0.39, 0.29) is 5.75 Å². The van der Waals surface area contributed by atoms with Gasteiger partial charge in [0.15, 0.2) is 5.75 Å². The van der Waals surface area contributed by atoms with E-state index in [1.54, 1.807) is 18.2 Å². The molecule has 6 heteroatoms. The van der Waals surface area contributed by atoms with Crippen molar-refractivity contribution in [2.75, 3.05) is 23.9 Å². The summed E-state index contributed by atoms with van der Waals surface area (Å²) in [5, 5.41) is 2.94. The Morgan fingerprint density at radius 1 is 1.56 bits per heavy atom. The summed E-state index contributed by atoms with van der Waals surface area (Å²) < 4.78 is 26.8. The molecule has 0 bridgehead atoms. The highest BCUT2D eigenvalue weighted by molar-refractivity contribution is 7.86. The van der Waals surface area contributed by atoms with Gasteiger partial charge in [-0.1, -0.05) is 6.08 Å². The van der Waals surface area contributed by atoms with Crippen LogP contribution in [0, 0.1) is 0 Å². The van der Waals surface area contributed by atoms with Gasteiger partial charge in [-0.25, -0.2) is 0 Å². The van der Waals surface area contributed by atoms with E-state index in [1.165, 1.54) is 6.07 Å². The second-order valence-electron chi connectivity index (χ2n) is 3.21. The zero-order chi connectivity index (χ0) is 12.2. The molecule has 0 unspecified atom stereocenters. The van der Waals surface area contributed by atoms with Gasteiger partial charge >= 0.3 is 10.1 Å². The first-order valence-corrected chi connectivity index (χ1v) is 6.38. The van der Waals surface area contributed by atoms with Crippen LogP contribution in [-0.2, 0) is 10.1 Å². The predicted octanol–water partition coefficient (Wildman–Crippen LogP) is 1.21. The van der Waals surface area contributed by atoms with E-state index in [0.717, 1.165) is 6.26 Å². The second-order valence-corrected chi connectivity index (χ2v) is 4.79. The lowest BCUT2D eigenvalue weighted by atomic mass is 10.2. The number of anilines is 2. The highest BCUT2D eigenvalue weighted by atomic mass is 32.2. The van der Waals surface area contributed by atoms with Crippen LogP contribution in [0.25, 0.3) is 0 Å². The smallest absolute Gasteiger partial charge is 0.306 e. The van der Waals surface area contributed by atoms with Crippen LogP contribution in [0.5, 0.6) is 5.75 Å². The lowest BCUT2D eigenvalue weighted by Crippen LogP contribution is -2.09. The van der Waals surface area contributed by atoms with Gasteiger partial charge in [-0.05, 0) is 18.2 Å². The monoisotopic (exact) mass is 242 g/mol. The lowest BCUT2D eigenvalue weighted by Gasteiger charge is -2.11. The van der Waals surface area contributed by atoms with Gasteiger partial charge in [0.2, 0.25) is 0 Å². The molecule has 88 valence electrons. The van der Waals surface area contributed by atoms with Crippen LogP contribution in [0.4, 0.5) is 11.4 Å². The Morgan fingerprint density at radius 3 is 2.81 bits per heavy atom. The lowest BCUT2D eigenvalue weighted by molar-refractivity contribution is 0.494. The van der Waals surface area contributed by atoms with Crippen molar-refractivity contribution in [1.82, 2.24) is 0 Å². The molecule has 0 saturated carbocycles. The molecule has 0 spiro atoms. The minimum atomic E-state index is -3.54. The van der Waals surface area contributed by atoms with Crippen molar-refractivity contribution in [1.29, 1.82) is 0 Å². The highest BCUT2D eigenvalue weighted by Gasteiger charge is 2.09. The third kappa shape index (κ3) is 3.82. The Bertz CT molecular complexity index is 483. The molecule has 0 aromatic heterocycles. The molecule has 0 amide bonds. The average molecular weight is 242 g/mol. The van der Waals surface area contributed by atoms with E-state index in [0.29, 0.717) is 17.9 Å². The summed E-state index contributed by atoms with van der Waals surface area (Å²) in [6.07, 6.45) is 2.63. The summed E-state index contributed by atoms with van der Waals surface area (Å²) in [5.74, 6) is 0.221. The molecule has 0 aliphatic carbocycles.